The minimum absolute atomic E-state index is 0.0263. The number of fused-ring (bicyclic) bond motifs is 1. The summed E-state index contributed by atoms with van der Waals surface area (Å²) in [6.45, 7) is 5.72. The van der Waals surface area contributed by atoms with Crippen molar-refractivity contribution in [3.8, 4) is 0 Å². The number of nitrogens with one attached hydrogen (secondary N) is 3. The number of aromatic amines is 1. The molecule has 0 saturated carbocycles. The van der Waals surface area contributed by atoms with Gasteiger partial charge in [0.1, 0.15) is 0 Å². The zero-order valence-electron chi connectivity index (χ0n) is 16.5. The van der Waals surface area contributed by atoms with Crippen molar-refractivity contribution < 1.29 is 9.59 Å². The number of hydrogen-bond acceptors (Lipinski definition) is 2. The van der Waals surface area contributed by atoms with E-state index in [1.165, 1.54) is 11.3 Å². The Morgan fingerprint density at radius 1 is 1.25 bits per heavy atom. The number of hydrogen-bond donors (Lipinski definition) is 3. The van der Waals surface area contributed by atoms with E-state index in [0.717, 1.165) is 55.5 Å². The van der Waals surface area contributed by atoms with E-state index in [1.54, 1.807) is 0 Å². The van der Waals surface area contributed by atoms with Crippen LogP contribution in [0, 0.1) is 5.92 Å². The summed E-state index contributed by atoms with van der Waals surface area (Å²) in [6.07, 6.45) is 4.66. The molecule has 1 aliphatic carbocycles. The van der Waals surface area contributed by atoms with Crippen molar-refractivity contribution in [1.82, 2.24) is 15.6 Å². The molecule has 1 aromatic carbocycles. The van der Waals surface area contributed by atoms with Crippen LogP contribution < -0.4 is 10.6 Å². The topological polar surface area (TPSA) is 74.0 Å². The van der Waals surface area contributed by atoms with Crippen LogP contribution >= 0.6 is 11.6 Å². The van der Waals surface area contributed by atoms with Gasteiger partial charge in [-0.1, -0.05) is 37.6 Å². The van der Waals surface area contributed by atoms with Crippen molar-refractivity contribution in [2.45, 2.75) is 52.5 Å². The van der Waals surface area contributed by atoms with Gasteiger partial charge in [-0.15, -0.1) is 0 Å². The predicted octanol–water partition coefficient (Wildman–Crippen LogP) is 3.79. The Balaban J connectivity index is 0.000000320. The van der Waals surface area contributed by atoms with Gasteiger partial charge in [0.25, 0.3) is 5.91 Å². The fraction of sp³-hybridized carbons (Fsp3) is 0.455. The second kappa shape index (κ2) is 9.28. The number of carbonyl (C=O) groups is 2. The molecule has 1 saturated heterocycles. The summed E-state index contributed by atoms with van der Waals surface area (Å²) in [5, 5.41) is 6.43. The molecule has 2 aromatic rings. The van der Waals surface area contributed by atoms with Gasteiger partial charge < -0.3 is 15.6 Å². The van der Waals surface area contributed by atoms with Crippen LogP contribution in [0.3, 0.4) is 0 Å². The Kier molecular flexibility index (Phi) is 6.79. The smallest absolute Gasteiger partial charge is 0.253 e. The molecular weight excluding hydrogens is 374 g/mol. The molecule has 150 valence electrons. The third-order valence-corrected chi connectivity index (χ3v) is 5.48. The molecule has 1 atom stereocenters. The van der Waals surface area contributed by atoms with Crippen LogP contribution in [-0.4, -0.2) is 23.3 Å². The molecule has 28 heavy (non-hydrogen) atoms. The lowest BCUT2D eigenvalue weighted by Gasteiger charge is -2.09. The van der Waals surface area contributed by atoms with Gasteiger partial charge in [-0.2, -0.15) is 0 Å². The van der Waals surface area contributed by atoms with E-state index in [-0.39, 0.29) is 11.8 Å². The summed E-state index contributed by atoms with van der Waals surface area (Å²) >= 11 is 5.88. The minimum atomic E-state index is 0.0263. The lowest BCUT2D eigenvalue weighted by molar-refractivity contribution is -0.119. The second-order valence-electron chi connectivity index (χ2n) is 7.57. The third-order valence-electron chi connectivity index (χ3n) is 5.22. The van der Waals surface area contributed by atoms with Crippen LogP contribution in [0.1, 0.15) is 59.6 Å². The first-order chi connectivity index (χ1) is 13.5. The third kappa shape index (κ3) is 4.96. The first kappa shape index (κ1) is 20.5. The predicted molar refractivity (Wildman–Crippen MR) is 112 cm³/mol. The van der Waals surface area contributed by atoms with Crippen LogP contribution in [0.15, 0.2) is 24.3 Å². The van der Waals surface area contributed by atoms with Gasteiger partial charge in [0.2, 0.25) is 5.91 Å². The zero-order valence-corrected chi connectivity index (χ0v) is 17.3. The Hall–Kier alpha value is -2.27. The van der Waals surface area contributed by atoms with Crippen LogP contribution in [0.4, 0.5) is 0 Å². The molecule has 0 radical (unpaired) electrons. The van der Waals surface area contributed by atoms with Gasteiger partial charge in [0.15, 0.2) is 0 Å². The number of amides is 2. The quantitative estimate of drug-likeness (QED) is 0.729. The maximum Gasteiger partial charge on any atom is 0.253 e. The summed E-state index contributed by atoms with van der Waals surface area (Å²) in [5.74, 6) is 0.850. The minimum Gasteiger partial charge on any atom is -0.361 e. The van der Waals surface area contributed by atoms with Crippen molar-refractivity contribution in [2.75, 3.05) is 6.54 Å². The van der Waals surface area contributed by atoms with Crippen molar-refractivity contribution in [1.29, 1.82) is 0 Å². The lowest BCUT2D eigenvalue weighted by Crippen LogP contribution is -2.24. The van der Waals surface area contributed by atoms with E-state index in [1.807, 2.05) is 24.3 Å². The number of carbonyl (C=O) groups excluding carboxylic acids is 2. The van der Waals surface area contributed by atoms with Crippen LogP contribution in [-0.2, 0) is 30.6 Å². The number of halogens is 1. The Morgan fingerprint density at radius 2 is 2.00 bits per heavy atom. The molecule has 2 heterocycles. The standard InChI is InChI=1S/C18H21ClN2O.C4H7NO/c1-3-15-17(14-8-11(2)9-16(14)21-15)18(22)20-10-12-4-6-13(19)7-5-12;6-4-2-1-3-5-4/h4-7,11,21H,3,8-10H2,1-2H3,(H,20,22);1-3H2,(H,5,6). The molecule has 2 aliphatic rings. The molecule has 5 nitrogen and oxygen atoms in total. The lowest BCUT2D eigenvalue weighted by atomic mass is 10.0. The SMILES string of the molecule is CCc1[nH]c2c(c1C(=O)NCc1ccc(Cl)cc1)CC(C)C2.O=C1CCCN1. The number of benzene rings is 1. The van der Waals surface area contributed by atoms with Gasteiger partial charge in [-0.25, -0.2) is 0 Å². The highest BCUT2D eigenvalue weighted by molar-refractivity contribution is 6.30. The van der Waals surface area contributed by atoms with E-state index in [2.05, 4.69) is 29.5 Å². The first-order valence-corrected chi connectivity index (χ1v) is 10.4. The molecule has 6 heteroatoms. The molecular formula is C22H28ClN3O2. The number of H-pyrrole nitrogens is 1. The molecule has 2 amide bonds. The summed E-state index contributed by atoms with van der Waals surface area (Å²) in [6, 6.07) is 7.56. The monoisotopic (exact) mass is 401 g/mol. The van der Waals surface area contributed by atoms with Gasteiger partial charge in [0.05, 0.1) is 5.56 Å². The highest BCUT2D eigenvalue weighted by atomic mass is 35.5. The molecule has 0 spiro atoms. The second-order valence-corrected chi connectivity index (χ2v) is 8.00. The Labute approximate surface area is 171 Å². The molecule has 1 fully saturated rings. The average Bonchev–Trinajstić information content (AvgIpc) is 3.37. The molecule has 0 bridgehead atoms. The number of aryl methyl sites for hydroxylation is 1. The maximum atomic E-state index is 12.6. The van der Waals surface area contributed by atoms with Crippen molar-refractivity contribution in [3.05, 3.63) is 57.4 Å². The first-order valence-electron chi connectivity index (χ1n) is 9.99. The van der Waals surface area contributed by atoms with Crippen molar-refractivity contribution in [3.63, 3.8) is 0 Å². The van der Waals surface area contributed by atoms with E-state index < -0.39 is 0 Å². The summed E-state index contributed by atoms with van der Waals surface area (Å²) in [7, 11) is 0. The average molecular weight is 402 g/mol. The summed E-state index contributed by atoms with van der Waals surface area (Å²) in [4.78, 5) is 26.2. The highest BCUT2D eigenvalue weighted by Gasteiger charge is 2.28. The van der Waals surface area contributed by atoms with Crippen molar-refractivity contribution in [2.24, 2.45) is 5.92 Å². The molecule has 4 rings (SSSR count). The van der Waals surface area contributed by atoms with Gasteiger partial charge >= 0.3 is 0 Å². The van der Waals surface area contributed by atoms with Gasteiger partial charge in [-0.05, 0) is 54.9 Å². The molecule has 1 unspecified atom stereocenters. The van der Waals surface area contributed by atoms with Gasteiger partial charge in [0, 0.05) is 35.9 Å². The fourth-order valence-electron chi connectivity index (χ4n) is 3.80. The van der Waals surface area contributed by atoms with Crippen LogP contribution in [0.2, 0.25) is 5.02 Å². The summed E-state index contributed by atoms with van der Waals surface area (Å²) in [5.41, 5.74) is 5.46. The van der Waals surface area contributed by atoms with E-state index >= 15 is 0 Å². The number of rotatable bonds is 4. The van der Waals surface area contributed by atoms with Crippen LogP contribution in [0.25, 0.3) is 0 Å². The zero-order chi connectivity index (χ0) is 20.1. The summed E-state index contributed by atoms with van der Waals surface area (Å²) < 4.78 is 0. The van der Waals surface area contributed by atoms with E-state index in [9.17, 15) is 9.59 Å². The van der Waals surface area contributed by atoms with Gasteiger partial charge in [-0.3, -0.25) is 9.59 Å². The Bertz CT molecular complexity index is 834. The maximum absolute atomic E-state index is 12.6. The van der Waals surface area contributed by atoms with E-state index in [4.69, 9.17) is 11.6 Å². The highest BCUT2D eigenvalue weighted by Crippen LogP contribution is 2.31. The molecule has 1 aromatic heterocycles. The molecule has 3 N–H and O–H groups in total. The molecule has 1 aliphatic heterocycles. The fourth-order valence-corrected chi connectivity index (χ4v) is 3.93. The number of aromatic nitrogens is 1. The van der Waals surface area contributed by atoms with Crippen LogP contribution in [0.5, 0.6) is 0 Å². The Morgan fingerprint density at radius 3 is 2.57 bits per heavy atom. The normalized spacial score (nSPS) is 17.5. The van der Waals surface area contributed by atoms with E-state index in [0.29, 0.717) is 17.5 Å². The largest absolute Gasteiger partial charge is 0.361 e. The van der Waals surface area contributed by atoms with Crippen molar-refractivity contribution >= 4 is 23.4 Å².